The van der Waals surface area contributed by atoms with Crippen molar-refractivity contribution in [2.45, 2.75) is 51.5 Å². The van der Waals surface area contributed by atoms with Crippen LogP contribution in [0.4, 0.5) is 28.3 Å². The second kappa shape index (κ2) is 9.38. The molecular formula is C24H28F4N4O4. The number of aliphatic hydroxyl groups excluding tert-OH is 1. The van der Waals surface area contributed by atoms with Crippen LogP contribution in [0.25, 0.3) is 0 Å². The summed E-state index contributed by atoms with van der Waals surface area (Å²) in [5.41, 5.74) is -2.51. The topological polar surface area (TPSA) is 88.0 Å². The number of β-amino-alcohol motifs (C(OH)–C–C–N with tert-alkyl or cyclic N) is 1. The van der Waals surface area contributed by atoms with Crippen LogP contribution < -0.4 is 9.64 Å². The summed E-state index contributed by atoms with van der Waals surface area (Å²) in [7, 11) is 0. The van der Waals surface area contributed by atoms with Crippen molar-refractivity contribution in [2.75, 3.05) is 31.1 Å². The molecule has 8 nitrogen and oxygen atoms in total. The van der Waals surface area contributed by atoms with E-state index in [2.05, 4.69) is 9.97 Å². The van der Waals surface area contributed by atoms with Crippen LogP contribution >= 0.6 is 0 Å². The van der Waals surface area contributed by atoms with Gasteiger partial charge < -0.3 is 24.4 Å². The predicted octanol–water partition coefficient (Wildman–Crippen LogP) is 4.63. The highest BCUT2D eigenvalue weighted by Gasteiger charge is 2.49. The quantitative estimate of drug-likeness (QED) is 0.601. The van der Waals surface area contributed by atoms with Crippen molar-refractivity contribution in [2.24, 2.45) is 5.41 Å². The van der Waals surface area contributed by atoms with Gasteiger partial charge in [0, 0.05) is 37.2 Å². The van der Waals surface area contributed by atoms with E-state index in [1.165, 1.54) is 23.1 Å². The van der Waals surface area contributed by atoms with Gasteiger partial charge in [-0.2, -0.15) is 18.2 Å². The average Bonchev–Trinajstić information content (AvgIpc) is 3.19. The molecule has 3 heterocycles. The van der Waals surface area contributed by atoms with E-state index < -0.39 is 40.9 Å². The molecule has 1 N–H and O–H groups in total. The number of nitrogens with zero attached hydrogens (tertiary/aromatic N) is 4. The van der Waals surface area contributed by atoms with E-state index in [0.29, 0.717) is 32.0 Å². The Labute approximate surface area is 205 Å². The maximum Gasteiger partial charge on any atom is 0.433 e. The van der Waals surface area contributed by atoms with E-state index in [1.807, 2.05) is 0 Å². The van der Waals surface area contributed by atoms with Gasteiger partial charge in [-0.3, -0.25) is 0 Å². The van der Waals surface area contributed by atoms with Crippen LogP contribution in [-0.4, -0.2) is 64.0 Å². The fourth-order valence-electron chi connectivity index (χ4n) is 4.46. The number of aliphatic hydroxyl groups is 1. The van der Waals surface area contributed by atoms with Gasteiger partial charge in [0.2, 0.25) is 11.8 Å². The molecular weight excluding hydrogens is 484 g/mol. The number of ether oxygens (including phenoxy) is 2. The van der Waals surface area contributed by atoms with Crippen LogP contribution in [0.5, 0.6) is 11.6 Å². The van der Waals surface area contributed by atoms with Gasteiger partial charge in [-0.25, -0.2) is 14.2 Å². The third kappa shape index (κ3) is 5.80. The van der Waals surface area contributed by atoms with E-state index in [0.717, 1.165) is 6.07 Å². The van der Waals surface area contributed by atoms with Crippen LogP contribution in [0.15, 0.2) is 30.3 Å². The second-order valence-corrected chi connectivity index (χ2v) is 10.2. The van der Waals surface area contributed by atoms with E-state index in [-0.39, 0.29) is 30.7 Å². The summed E-state index contributed by atoms with van der Waals surface area (Å²) in [6.45, 7) is 6.17. The second-order valence-electron chi connectivity index (χ2n) is 10.2. The molecule has 2 aromatic rings. The smallest absolute Gasteiger partial charge is 0.433 e. The number of halogens is 4. The molecule has 2 saturated heterocycles. The van der Waals surface area contributed by atoms with E-state index in [9.17, 15) is 27.5 Å². The van der Waals surface area contributed by atoms with Gasteiger partial charge in [0.1, 0.15) is 17.2 Å². The third-order valence-corrected chi connectivity index (χ3v) is 6.30. The lowest BCUT2D eigenvalue weighted by atomic mass is 9.75. The zero-order valence-corrected chi connectivity index (χ0v) is 20.2. The number of alkyl halides is 3. The molecule has 4 rings (SSSR count). The molecule has 2 fully saturated rings. The summed E-state index contributed by atoms with van der Waals surface area (Å²) in [6.07, 6.45) is -5.26. The van der Waals surface area contributed by atoms with Gasteiger partial charge in [-0.1, -0.05) is 6.07 Å². The summed E-state index contributed by atoms with van der Waals surface area (Å²) >= 11 is 0. The molecule has 2 aliphatic heterocycles. The summed E-state index contributed by atoms with van der Waals surface area (Å²) in [5.74, 6) is -1.18. The number of aromatic nitrogens is 2. The number of likely N-dealkylation sites (tertiary alicyclic amines) is 1. The first-order valence-electron chi connectivity index (χ1n) is 11.5. The first-order chi connectivity index (χ1) is 16.7. The van der Waals surface area contributed by atoms with Gasteiger partial charge >= 0.3 is 12.3 Å². The number of hydrogen-bond acceptors (Lipinski definition) is 7. The van der Waals surface area contributed by atoms with Crippen molar-refractivity contribution in [3.05, 3.63) is 41.8 Å². The first kappa shape index (κ1) is 25.9. The van der Waals surface area contributed by atoms with Gasteiger partial charge in [-0.05, 0) is 45.7 Å². The van der Waals surface area contributed by atoms with Crippen LogP contribution in [0, 0.1) is 11.2 Å². The van der Waals surface area contributed by atoms with Crippen molar-refractivity contribution >= 4 is 12.0 Å². The summed E-state index contributed by atoms with van der Waals surface area (Å²) in [5, 5.41) is 10.9. The lowest BCUT2D eigenvalue weighted by Crippen LogP contribution is -2.54. The molecule has 0 radical (unpaired) electrons. The van der Waals surface area contributed by atoms with Crippen LogP contribution in [0.1, 0.15) is 39.3 Å². The van der Waals surface area contributed by atoms with Crippen molar-refractivity contribution in [3.63, 3.8) is 0 Å². The maximum absolute atomic E-state index is 13.6. The molecule has 196 valence electrons. The van der Waals surface area contributed by atoms with Gasteiger partial charge in [-0.15, -0.1) is 0 Å². The third-order valence-electron chi connectivity index (χ3n) is 6.30. The molecule has 1 spiro atoms. The Morgan fingerprint density at radius 1 is 1.14 bits per heavy atom. The van der Waals surface area contributed by atoms with E-state index in [4.69, 9.17) is 9.47 Å². The highest BCUT2D eigenvalue weighted by atomic mass is 19.4. The molecule has 2 aliphatic rings. The van der Waals surface area contributed by atoms with Crippen molar-refractivity contribution in [1.82, 2.24) is 14.9 Å². The molecule has 1 aromatic heterocycles. The molecule has 0 aliphatic carbocycles. The Bertz CT molecular complexity index is 1120. The normalized spacial score (nSPS) is 22.7. The Morgan fingerprint density at radius 3 is 2.50 bits per heavy atom. The number of hydrogen-bond donors (Lipinski definition) is 1. The van der Waals surface area contributed by atoms with Crippen molar-refractivity contribution < 1.29 is 36.9 Å². The van der Waals surface area contributed by atoms with Crippen LogP contribution in [-0.2, 0) is 10.9 Å². The molecule has 36 heavy (non-hydrogen) atoms. The highest BCUT2D eigenvalue weighted by molar-refractivity contribution is 5.68. The Morgan fingerprint density at radius 2 is 1.86 bits per heavy atom. The number of carbonyl (C=O) groups excluding carboxylic acids is 1. The maximum atomic E-state index is 13.6. The zero-order chi connectivity index (χ0) is 26.3. The van der Waals surface area contributed by atoms with Gasteiger partial charge in [0.15, 0.2) is 5.69 Å². The van der Waals surface area contributed by atoms with Crippen LogP contribution in [0.2, 0.25) is 0 Å². The minimum absolute atomic E-state index is 0.00407. The number of anilines is 1. The standard InChI is InChI=1S/C24H28F4N4O4/c1-22(2,3)36-21(34)31-9-7-23(18(33)13-31)8-10-32(14-23)20-29-17(24(26,27)28)12-19(30-20)35-16-6-4-5-15(25)11-16/h4-6,11-12,18,33H,7-10,13-14H2,1-3H3. The van der Waals surface area contributed by atoms with E-state index in [1.54, 1.807) is 25.7 Å². The Hall–Kier alpha value is -3.15. The van der Waals surface area contributed by atoms with Crippen molar-refractivity contribution in [1.29, 1.82) is 0 Å². The summed E-state index contributed by atoms with van der Waals surface area (Å²) < 4.78 is 65.0. The average molecular weight is 513 g/mol. The predicted molar refractivity (Wildman–Crippen MR) is 121 cm³/mol. The molecule has 2 unspecified atom stereocenters. The Kier molecular flexibility index (Phi) is 6.76. The molecule has 1 amide bonds. The lowest BCUT2D eigenvalue weighted by molar-refractivity contribution is -0.141. The largest absolute Gasteiger partial charge is 0.444 e. The molecule has 1 aromatic carbocycles. The first-order valence-corrected chi connectivity index (χ1v) is 11.5. The number of amides is 1. The molecule has 12 heteroatoms. The monoisotopic (exact) mass is 512 g/mol. The zero-order valence-electron chi connectivity index (χ0n) is 20.2. The van der Waals surface area contributed by atoms with Gasteiger partial charge in [0.05, 0.1) is 12.6 Å². The minimum Gasteiger partial charge on any atom is -0.444 e. The summed E-state index contributed by atoms with van der Waals surface area (Å²) in [6, 6.07) is 5.65. The fraction of sp³-hybridized carbons (Fsp3) is 0.542. The number of piperidine rings is 1. The molecule has 0 saturated carbocycles. The summed E-state index contributed by atoms with van der Waals surface area (Å²) in [4.78, 5) is 23.3. The highest BCUT2D eigenvalue weighted by Crippen LogP contribution is 2.42. The SMILES string of the molecule is CC(C)(C)OC(=O)N1CCC2(CCN(c3nc(Oc4cccc(F)c4)cc(C(F)(F)F)n3)C2)C(O)C1. The van der Waals surface area contributed by atoms with Gasteiger partial charge in [0.25, 0.3) is 0 Å². The number of benzene rings is 1. The lowest BCUT2D eigenvalue weighted by Gasteiger charge is -2.43. The molecule has 2 atom stereocenters. The number of rotatable bonds is 3. The molecule has 0 bridgehead atoms. The van der Waals surface area contributed by atoms with E-state index >= 15 is 0 Å². The Balaban J connectivity index is 1.53. The number of carbonyl (C=O) groups is 1. The minimum atomic E-state index is -4.76. The van der Waals surface area contributed by atoms with Crippen molar-refractivity contribution in [3.8, 4) is 11.6 Å². The fourth-order valence-corrected chi connectivity index (χ4v) is 4.46. The van der Waals surface area contributed by atoms with Crippen LogP contribution in [0.3, 0.4) is 0 Å².